The van der Waals surface area contributed by atoms with Crippen molar-refractivity contribution in [1.29, 1.82) is 0 Å². The van der Waals surface area contributed by atoms with Gasteiger partial charge in [-0.3, -0.25) is 10.1 Å². The molecule has 2 aromatic rings. The number of nitro benzene ring substituents is 1. The molecule has 6 nitrogen and oxygen atoms in total. The standard InChI is InChI=1S/C19H21N3O3/c1-13-8-10-15(11-9-13)18-7-4-12-21(18)19(23)20-16-5-3-6-17(14(16)2)22(24)25/h3,5-6,8-11,18H,4,7,12H2,1-2H3,(H,20,23). The predicted molar refractivity (Wildman–Crippen MR) is 96.7 cm³/mol. The molecule has 0 spiro atoms. The molecule has 130 valence electrons. The van der Waals surface area contributed by atoms with Crippen LogP contribution in [0.5, 0.6) is 0 Å². The first kappa shape index (κ1) is 17.0. The number of likely N-dealkylation sites (tertiary alicyclic amines) is 1. The van der Waals surface area contributed by atoms with Crippen LogP contribution in [0.4, 0.5) is 16.2 Å². The molecule has 1 heterocycles. The zero-order chi connectivity index (χ0) is 18.0. The molecule has 2 amide bonds. The van der Waals surface area contributed by atoms with Gasteiger partial charge < -0.3 is 10.2 Å². The van der Waals surface area contributed by atoms with E-state index in [1.54, 1.807) is 19.1 Å². The monoisotopic (exact) mass is 339 g/mol. The van der Waals surface area contributed by atoms with Crippen LogP contribution in [0.15, 0.2) is 42.5 Å². The number of aryl methyl sites for hydroxylation is 1. The topological polar surface area (TPSA) is 75.5 Å². The highest BCUT2D eigenvalue weighted by Gasteiger charge is 2.30. The van der Waals surface area contributed by atoms with E-state index < -0.39 is 4.92 Å². The van der Waals surface area contributed by atoms with Crippen LogP contribution in [-0.2, 0) is 0 Å². The zero-order valence-electron chi connectivity index (χ0n) is 14.4. The van der Waals surface area contributed by atoms with Crippen molar-refractivity contribution in [3.8, 4) is 0 Å². The summed E-state index contributed by atoms with van der Waals surface area (Å²) in [5.74, 6) is 0. The van der Waals surface area contributed by atoms with Crippen molar-refractivity contribution in [2.24, 2.45) is 0 Å². The molecule has 0 saturated carbocycles. The van der Waals surface area contributed by atoms with E-state index >= 15 is 0 Å². The van der Waals surface area contributed by atoms with Crippen molar-refractivity contribution in [1.82, 2.24) is 4.90 Å². The lowest BCUT2D eigenvalue weighted by Crippen LogP contribution is -2.34. The molecular formula is C19H21N3O3. The Morgan fingerprint density at radius 3 is 2.60 bits per heavy atom. The minimum absolute atomic E-state index is 0.00862. The number of hydrogen-bond donors (Lipinski definition) is 1. The normalized spacial score (nSPS) is 16.7. The molecule has 1 atom stereocenters. The van der Waals surface area contributed by atoms with Crippen LogP contribution in [0.25, 0.3) is 0 Å². The number of nitro groups is 1. The van der Waals surface area contributed by atoms with Crippen molar-refractivity contribution < 1.29 is 9.72 Å². The fourth-order valence-electron chi connectivity index (χ4n) is 3.29. The number of anilines is 1. The van der Waals surface area contributed by atoms with Crippen LogP contribution in [0.2, 0.25) is 0 Å². The lowest BCUT2D eigenvalue weighted by atomic mass is 10.0. The third-order valence-corrected chi connectivity index (χ3v) is 4.72. The first-order valence-corrected chi connectivity index (χ1v) is 8.35. The van der Waals surface area contributed by atoms with Crippen LogP contribution in [0.3, 0.4) is 0 Å². The second-order valence-corrected chi connectivity index (χ2v) is 6.40. The highest BCUT2D eigenvalue weighted by Crippen LogP contribution is 2.33. The van der Waals surface area contributed by atoms with Gasteiger partial charge in [0.1, 0.15) is 0 Å². The van der Waals surface area contributed by atoms with Crippen molar-refractivity contribution >= 4 is 17.4 Å². The van der Waals surface area contributed by atoms with Crippen molar-refractivity contribution in [2.75, 3.05) is 11.9 Å². The molecule has 3 rings (SSSR count). The Bertz CT molecular complexity index is 802. The minimum Gasteiger partial charge on any atom is -0.317 e. The third-order valence-electron chi connectivity index (χ3n) is 4.72. The first-order valence-electron chi connectivity index (χ1n) is 8.35. The van der Waals surface area contributed by atoms with E-state index in [1.165, 1.54) is 11.6 Å². The summed E-state index contributed by atoms with van der Waals surface area (Å²) in [5.41, 5.74) is 3.26. The number of rotatable bonds is 3. The van der Waals surface area contributed by atoms with E-state index in [2.05, 4.69) is 29.6 Å². The van der Waals surface area contributed by atoms with Gasteiger partial charge in [0.05, 0.1) is 22.2 Å². The van der Waals surface area contributed by atoms with E-state index in [0.29, 0.717) is 17.8 Å². The van der Waals surface area contributed by atoms with Gasteiger partial charge in [0.15, 0.2) is 0 Å². The lowest BCUT2D eigenvalue weighted by molar-refractivity contribution is -0.385. The molecule has 0 aliphatic carbocycles. The Morgan fingerprint density at radius 2 is 1.92 bits per heavy atom. The number of amides is 2. The van der Waals surface area contributed by atoms with Crippen LogP contribution >= 0.6 is 0 Å². The van der Waals surface area contributed by atoms with Gasteiger partial charge in [-0.25, -0.2) is 4.79 Å². The summed E-state index contributed by atoms with van der Waals surface area (Å²) in [6.07, 6.45) is 1.87. The molecule has 1 aliphatic heterocycles. The summed E-state index contributed by atoms with van der Waals surface area (Å²) >= 11 is 0. The number of benzene rings is 2. The van der Waals surface area contributed by atoms with E-state index in [9.17, 15) is 14.9 Å². The second kappa shape index (κ2) is 6.93. The Balaban J connectivity index is 1.80. The highest BCUT2D eigenvalue weighted by atomic mass is 16.6. The number of nitrogens with zero attached hydrogens (tertiary/aromatic N) is 2. The number of carbonyl (C=O) groups is 1. The summed E-state index contributed by atoms with van der Waals surface area (Å²) in [6, 6.07) is 12.8. The summed E-state index contributed by atoms with van der Waals surface area (Å²) in [7, 11) is 0. The molecule has 1 N–H and O–H groups in total. The van der Waals surface area contributed by atoms with E-state index in [1.807, 2.05) is 11.8 Å². The summed E-state index contributed by atoms with van der Waals surface area (Å²) < 4.78 is 0. The average Bonchev–Trinajstić information content (AvgIpc) is 3.07. The zero-order valence-corrected chi connectivity index (χ0v) is 14.4. The molecule has 0 bridgehead atoms. The van der Waals surface area contributed by atoms with Crippen LogP contribution in [0, 0.1) is 24.0 Å². The maximum Gasteiger partial charge on any atom is 0.322 e. The van der Waals surface area contributed by atoms with E-state index in [0.717, 1.165) is 18.4 Å². The molecule has 25 heavy (non-hydrogen) atoms. The number of urea groups is 1. The number of hydrogen-bond acceptors (Lipinski definition) is 3. The average molecular weight is 339 g/mol. The maximum atomic E-state index is 12.7. The Kier molecular flexibility index (Phi) is 4.70. The van der Waals surface area contributed by atoms with Gasteiger partial charge in [0.2, 0.25) is 0 Å². The molecule has 0 aromatic heterocycles. The third kappa shape index (κ3) is 3.47. The van der Waals surface area contributed by atoms with Gasteiger partial charge in [0, 0.05) is 12.6 Å². The fraction of sp³-hybridized carbons (Fsp3) is 0.316. The molecule has 0 radical (unpaired) electrons. The van der Waals surface area contributed by atoms with Crippen LogP contribution in [-0.4, -0.2) is 22.4 Å². The largest absolute Gasteiger partial charge is 0.322 e. The molecule has 1 unspecified atom stereocenters. The predicted octanol–water partition coefficient (Wildman–Crippen LogP) is 4.58. The highest BCUT2D eigenvalue weighted by molar-refractivity contribution is 5.91. The van der Waals surface area contributed by atoms with Gasteiger partial charge in [-0.2, -0.15) is 0 Å². The molecule has 6 heteroatoms. The minimum atomic E-state index is -0.435. The van der Waals surface area contributed by atoms with Crippen molar-refractivity contribution in [2.45, 2.75) is 32.7 Å². The van der Waals surface area contributed by atoms with Crippen molar-refractivity contribution in [3.63, 3.8) is 0 Å². The van der Waals surface area contributed by atoms with Gasteiger partial charge in [0.25, 0.3) is 5.69 Å². The van der Waals surface area contributed by atoms with Gasteiger partial charge >= 0.3 is 6.03 Å². The van der Waals surface area contributed by atoms with Crippen LogP contribution in [0.1, 0.15) is 35.6 Å². The van der Waals surface area contributed by atoms with E-state index in [-0.39, 0.29) is 17.8 Å². The summed E-state index contributed by atoms with van der Waals surface area (Å²) in [5, 5.41) is 13.9. The summed E-state index contributed by atoms with van der Waals surface area (Å²) in [6.45, 7) is 4.36. The molecular weight excluding hydrogens is 318 g/mol. The number of nitrogens with one attached hydrogen (secondary N) is 1. The second-order valence-electron chi connectivity index (χ2n) is 6.40. The van der Waals surface area contributed by atoms with Gasteiger partial charge in [-0.05, 0) is 38.3 Å². The quantitative estimate of drug-likeness (QED) is 0.657. The summed E-state index contributed by atoms with van der Waals surface area (Å²) in [4.78, 5) is 25.2. The smallest absolute Gasteiger partial charge is 0.317 e. The Hall–Kier alpha value is -2.89. The van der Waals surface area contributed by atoms with E-state index in [4.69, 9.17) is 0 Å². The van der Waals surface area contributed by atoms with Gasteiger partial charge in [-0.15, -0.1) is 0 Å². The SMILES string of the molecule is Cc1ccc(C2CCCN2C(=O)Nc2cccc([N+](=O)[O-])c2C)cc1. The van der Waals surface area contributed by atoms with Crippen LogP contribution < -0.4 is 5.32 Å². The lowest BCUT2D eigenvalue weighted by Gasteiger charge is -2.25. The Labute approximate surface area is 146 Å². The van der Waals surface area contributed by atoms with Crippen molar-refractivity contribution in [3.05, 3.63) is 69.3 Å². The Morgan fingerprint density at radius 1 is 1.20 bits per heavy atom. The number of carbonyl (C=O) groups excluding carboxylic acids is 1. The first-order chi connectivity index (χ1) is 12.0. The maximum absolute atomic E-state index is 12.7. The molecule has 1 saturated heterocycles. The fourth-order valence-corrected chi connectivity index (χ4v) is 3.29. The molecule has 1 aliphatic rings. The molecule has 2 aromatic carbocycles. The van der Waals surface area contributed by atoms with Gasteiger partial charge in [-0.1, -0.05) is 35.9 Å². The molecule has 1 fully saturated rings.